The lowest BCUT2D eigenvalue weighted by Gasteiger charge is -2.28. The first-order valence-corrected chi connectivity index (χ1v) is 9.03. The van der Waals surface area contributed by atoms with Crippen LogP contribution in [0.2, 0.25) is 0 Å². The minimum absolute atomic E-state index is 0. The van der Waals surface area contributed by atoms with Crippen molar-refractivity contribution in [3.05, 3.63) is 0 Å². The number of guanidine groups is 1. The Hall–Kier alpha value is -0.0800. The summed E-state index contributed by atoms with van der Waals surface area (Å²) in [6.45, 7) is 14.3. The second-order valence-electron chi connectivity index (χ2n) is 7.77. The van der Waals surface area contributed by atoms with Crippen LogP contribution in [0.5, 0.6) is 0 Å². The molecule has 1 aliphatic rings. The maximum atomic E-state index is 5.71. The van der Waals surface area contributed by atoms with Crippen molar-refractivity contribution in [3.63, 3.8) is 0 Å². The van der Waals surface area contributed by atoms with E-state index in [4.69, 9.17) is 9.47 Å². The molecule has 0 amide bonds. The lowest BCUT2D eigenvalue weighted by molar-refractivity contribution is 0.0888. The Labute approximate surface area is 165 Å². The second kappa shape index (κ2) is 13.2. The van der Waals surface area contributed by atoms with Gasteiger partial charge in [-0.25, -0.2) is 0 Å². The van der Waals surface area contributed by atoms with Gasteiger partial charge in [0.05, 0.1) is 13.2 Å². The molecule has 2 N–H and O–H groups in total. The van der Waals surface area contributed by atoms with E-state index in [1.807, 2.05) is 7.05 Å². The summed E-state index contributed by atoms with van der Waals surface area (Å²) < 4.78 is 11.1. The van der Waals surface area contributed by atoms with E-state index >= 15 is 0 Å². The Bertz CT molecular complexity index is 343. The summed E-state index contributed by atoms with van der Waals surface area (Å²) >= 11 is 0. The van der Waals surface area contributed by atoms with Crippen molar-refractivity contribution in [2.75, 3.05) is 46.6 Å². The van der Waals surface area contributed by atoms with E-state index in [0.29, 0.717) is 11.8 Å². The van der Waals surface area contributed by atoms with E-state index in [1.54, 1.807) is 0 Å². The fraction of sp³-hybridized carbons (Fsp3) is 0.944. The number of nitrogens with one attached hydrogen (secondary N) is 2. The molecule has 6 heteroatoms. The van der Waals surface area contributed by atoms with Crippen molar-refractivity contribution in [3.8, 4) is 0 Å². The molecule has 0 spiro atoms. The average Bonchev–Trinajstić information content (AvgIpc) is 2.97. The highest BCUT2D eigenvalue weighted by Gasteiger charge is 2.19. The van der Waals surface area contributed by atoms with Crippen molar-refractivity contribution in [2.45, 2.75) is 47.0 Å². The minimum Gasteiger partial charge on any atom is -0.381 e. The fourth-order valence-electron chi connectivity index (χ4n) is 3.07. The summed E-state index contributed by atoms with van der Waals surface area (Å²) in [4.78, 5) is 4.29. The molecule has 0 aromatic rings. The van der Waals surface area contributed by atoms with Gasteiger partial charge in [0.25, 0.3) is 0 Å². The highest BCUT2D eigenvalue weighted by atomic mass is 127. The molecule has 1 saturated heterocycles. The Kier molecular flexibility index (Phi) is 13.1. The van der Waals surface area contributed by atoms with E-state index in [2.05, 4.69) is 43.3 Å². The molecule has 1 fully saturated rings. The number of nitrogens with zero attached hydrogens (tertiary/aromatic N) is 1. The molecular weight excluding hydrogens is 417 g/mol. The predicted octanol–water partition coefficient (Wildman–Crippen LogP) is 3.28. The molecule has 24 heavy (non-hydrogen) atoms. The van der Waals surface area contributed by atoms with Gasteiger partial charge in [0.15, 0.2) is 5.96 Å². The first kappa shape index (κ1) is 23.9. The highest BCUT2D eigenvalue weighted by Crippen LogP contribution is 2.23. The summed E-state index contributed by atoms with van der Waals surface area (Å²) in [6, 6.07) is 0. The number of aliphatic imine (C=N–C) groups is 1. The zero-order chi connectivity index (χ0) is 17.1. The van der Waals surface area contributed by atoms with Crippen LogP contribution < -0.4 is 10.6 Å². The quantitative estimate of drug-likeness (QED) is 0.230. The van der Waals surface area contributed by atoms with Gasteiger partial charge in [0.1, 0.15) is 0 Å². The first-order chi connectivity index (χ1) is 10.9. The molecule has 0 saturated carbocycles. The molecule has 0 bridgehead atoms. The van der Waals surface area contributed by atoms with Gasteiger partial charge in [-0.3, -0.25) is 4.99 Å². The number of hydrogen-bond donors (Lipinski definition) is 2. The topological polar surface area (TPSA) is 54.9 Å². The van der Waals surface area contributed by atoms with Crippen LogP contribution in [0.3, 0.4) is 0 Å². The molecule has 1 unspecified atom stereocenters. The third-order valence-electron chi connectivity index (χ3n) is 4.05. The summed E-state index contributed by atoms with van der Waals surface area (Å²) in [5.74, 6) is 2.19. The number of hydrogen-bond acceptors (Lipinski definition) is 3. The van der Waals surface area contributed by atoms with Crippen molar-refractivity contribution in [1.82, 2.24) is 10.6 Å². The van der Waals surface area contributed by atoms with Gasteiger partial charge >= 0.3 is 0 Å². The predicted molar refractivity (Wildman–Crippen MR) is 112 cm³/mol. The van der Waals surface area contributed by atoms with Crippen LogP contribution in [-0.2, 0) is 9.47 Å². The Morgan fingerprint density at radius 3 is 2.67 bits per heavy atom. The number of rotatable bonds is 10. The highest BCUT2D eigenvalue weighted by molar-refractivity contribution is 14.0. The maximum absolute atomic E-state index is 5.71. The number of halogens is 1. The van der Waals surface area contributed by atoms with Crippen molar-refractivity contribution >= 4 is 29.9 Å². The third-order valence-corrected chi connectivity index (χ3v) is 4.05. The summed E-state index contributed by atoms with van der Waals surface area (Å²) in [5, 5.41) is 6.79. The Morgan fingerprint density at radius 1 is 1.33 bits per heavy atom. The van der Waals surface area contributed by atoms with E-state index in [9.17, 15) is 0 Å². The fourth-order valence-corrected chi connectivity index (χ4v) is 3.07. The van der Waals surface area contributed by atoms with Crippen LogP contribution in [0, 0.1) is 17.3 Å². The molecule has 144 valence electrons. The SMILES string of the molecule is CN=C(NCCCOCC1CCOC1)NCC(C)(C)CC(C)C.I. The molecule has 0 aliphatic carbocycles. The van der Waals surface area contributed by atoms with Gasteiger partial charge in [0.2, 0.25) is 0 Å². The molecule has 1 rings (SSSR count). The van der Waals surface area contributed by atoms with Gasteiger partial charge in [-0.05, 0) is 30.6 Å². The molecular formula is C18H38IN3O2. The molecule has 1 aliphatic heterocycles. The molecule has 0 radical (unpaired) electrons. The standard InChI is InChI=1S/C18H37N3O2.HI/c1-15(2)11-18(3,4)14-21-17(19-5)20-8-6-9-22-12-16-7-10-23-13-16;/h15-16H,6-14H2,1-5H3,(H2,19,20,21);1H. The zero-order valence-corrected chi connectivity index (χ0v) is 18.5. The van der Waals surface area contributed by atoms with Crippen LogP contribution in [-0.4, -0.2) is 52.5 Å². The van der Waals surface area contributed by atoms with E-state index in [0.717, 1.165) is 58.3 Å². The minimum atomic E-state index is 0. The van der Waals surface area contributed by atoms with E-state index in [1.165, 1.54) is 6.42 Å². The normalized spacial score (nSPS) is 18.6. The largest absolute Gasteiger partial charge is 0.381 e. The molecule has 5 nitrogen and oxygen atoms in total. The maximum Gasteiger partial charge on any atom is 0.190 e. The van der Waals surface area contributed by atoms with Crippen LogP contribution in [0.25, 0.3) is 0 Å². The number of ether oxygens (including phenoxy) is 2. The Morgan fingerprint density at radius 2 is 2.08 bits per heavy atom. The van der Waals surface area contributed by atoms with Crippen LogP contribution >= 0.6 is 24.0 Å². The van der Waals surface area contributed by atoms with Gasteiger partial charge in [-0.2, -0.15) is 0 Å². The molecule has 0 aromatic carbocycles. The molecule has 1 atom stereocenters. The van der Waals surface area contributed by atoms with Gasteiger partial charge in [-0.1, -0.05) is 27.7 Å². The first-order valence-electron chi connectivity index (χ1n) is 9.03. The summed E-state index contributed by atoms with van der Waals surface area (Å²) in [5.41, 5.74) is 0.276. The van der Waals surface area contributed by atoms with E-state index < -0.39 is 0 Å². The molecule has 1 heterocycles. The van der Waals surface area contributed by atoms with Crippen LogP contribution in [0.1, 0.15) is 47.0 Å². The smallest absolute Gasteiger partial charge is 0.190 e. The van der Waals surface area contributed by atoms with Crippen molar-refractivity contribution < 1.29 is 9.47 Å². The van der Waals surface area contributed by atoms with Gasteiger partial charge < -0.3 is 20.1 Å². The molecule has 0 aromatic heterocycles. The Balaban J connectivity index is 0.00000529. The van der Waals surface area contributed by atoms with Crippen molar-refractivity contribution in [1.29, 1.82) is 0 Å². The second-order valence-corrected chi connectivity index (χ2v) is 7.77. The van der Waals surface area contributed by atoms with Crippen LogP contribution in [0.15, 0.2) is 4.99 Å². The summed E-state index contributed by atoms with van der Waals surface area (Å²) in [7, 11) is 1.82. The van der Waals surface area contributed by atoms with Crippen LogP contribution in [0.4, 0.5) is 0 Å². The lowest BCUT2D eigenvalue weighted by Crippen LogP contribution is -2.42. The van der Waals surface area contributed by atoms with Gasteiger partial charge in [-0.15, -0.1) is 24.0 Å². The van der Waals surface area contributed by atoms with Crippen molar-refractivity contribution in [2.24, 2.45) is 22.2 Å². The van der Waals surface area contributed by atoms with Gasteiger partial charge in [0, 0.05) is 39.3 Å². The monoisotopic (exact) mass is 455 g/mol. The average molecular weight is 455 g/mol. The van der Waals surface area contributed by atoms with E-state index in [-0.39, 0.29) is 29.4 Å². The summed E-state index contributed by atoms with van der Waals surface area (Å²) in [6.07, 6.45) is 3.33. The lowest BCUT2D eigenvalue weighted by atomic mass is 9.84. The third kappa shape index (κ3) is 11.5. The zero-order valence-electron chi connectivity index (χ0n) is 16.2.